The zero-order valence-electron chi connectivity index (χ0n) is 12.9. The molecule has 3 atom stereocenters. The molecule has 3 rings (SSSR count). The molecule has 108 valence electrons. The Hall–Kier alpha value is -1.28. The number of likely N-dealkylation sites (tertiary alicyclic amines) is 1. The smallest absolute Gasteiger partial charge is 0.119 e. The van der Waals surface area contributed by atoms with E-state index in [0.29, 0.717) is 12.0 Å². The summed E-state index contributed by atoms with van der Waals surface area (Å²) in [6, 6.07) is 7.28. The number of ether oxygens (including phenoxy) is 1. The molecule has 0 aromatic heterocycles. The first-order chi connectivity index (χ1) is 9.60. The molecular weight excluding hydrogens is 246 g/mol. The fraction of sp³-hybridized carbons (Fsp3) is 0.556. The van der Waals surface area contributed by atoms with E-state index in [4.69, 9.17) is 4.74 Å². The summed E-state index contributed by atoms with van der Waals surface area (Å²) in [5.74, 6) is 1.67. The highest BCUT2D eigenvalue weighted by molar-refractivity contribution is 5.44. The van der Waals surface area contributed by atoms with Crippen LogP contribution in [-0.4, -0.2) is 31.1 Å². The van der Waals surface area contributed by atoms with Gasteiger partial charge in [0.2, 0.25) is 0 Å². The van der Waals surface area contributed by atoms with Crippen LogP contribution in [-0.2, 0) is 11.8 Å². The van der Waals surface area contributed by atoms with Gasteiger partial charge in [-0.15, -0.1) is 6.58 Å². The summed E-state index contributed by atoms with van der Waals surface area (Å²) in [6.07, 6.45) is 4.42. The molecular formula is C18H25NO. The van der Waals surface area contributed by atoms with E-state index in [9.17, 15) is 0 Å². The molecule has 2 heteroatoms. The molecule has 1 aliphatic heterocycles. The van der Waals surface area contributed by atoms with Crippen molar-refractivity contribution in [3.05, 3.63) is 42.0 Å². The van der Waals surface area contributed by atoms with Crippen LogP contribution in [0, 0.1) is 5.92 Å². The molecule has 2 aliphatic rings. The van der Waals surface area contributed by atoms with Crippen molar-refractivity contribution in [2.75, 3.05) is 20.2 Å². The van der Waals surface area contributed by atoms with Gasteiger partial charge in [-0.3, -0.25) is 4.90 Å². The van der Waals surface area contributed by atoms with E-state index in [2.05, 4.69) is 43.5 Å². The van der Waals surface area contributed by atoms with Crippen LogP contribution in [0.1, 0.15) is 31.4 Å². The Kier molecular flexibility index (Phi) is 3.37. The Morgan fingerprint density at radius 1 is 1.50 bits per heavy atom. The summed E-state index contributed by atoms with van der Waals surface area (Å²) >= 11 is 0. The third kappa shape index (κ3) is 1.89. The van der Waals surface area contributed by atoms with Gasteiger partial charge in [0.1, 0.15) is 5.75 Å². The molecule has 0 spiro atoms. The summed E-state index contributed by atoms with van der Waals surface area (Å²) in [4.78, 5) is 2.60. The SMILES string of the molecule is C=CCN1CCC2(C)c3cc(OC)ccc3CC1C2C. The number of benzene rings is 1. The molecule has 0 radical (unpaired) electrons. The Bertz CT molecular complexity index is 524. The van der Waals surface area contributed by atoms with Crippen LogP contribution in [0.2, 0.25) is 0 Å². The van der Waals surface area contributed by atoms with E-state index in [0.717, 1.165) is 18.7 Å². The van der Waals surface area contributed by atoms with Crippen LogP contribution in [0.25, 0.3) is 0 Å². The minimum absolute atomic E-state index is 0.282. The maximum absolute atomic E-state index is 5.43. The van der Waals surface area contributed by atoms with Gasteiger partial charge in [-0.2, -0.15) is 0 Å². The zero-order chi connectivity index (χ0) is 14.3. The van der Waals surface area contributed by atoms with Gasteiger partial charge in [0, 0.05) is 12.6 Å². The van der Waals surface area contributed by atoms with Crippen LogP contribution >= 0.6 is 0 Å². The summed E-state index contributed by atoms with van der Waals surface area (Å²) in [7, 11) is 1.76. The second-order valence-electron chi connectivity index (χ2n) is 6.53. The molecule has 0 amide bonds. The van der Waals surface area contributed by atoms with Gasteiger partial charge in [-0.1, -0.05) is 26.0 Å². The van der Waals surface area contributed by atoms with Crippen LogP contribution in [0.3, 0.4) is 0 Å². The molecule has 1 saturated heterocycles. The monoisotopic (exact) mass is 271 g/mol. The predicted octanol–water partition coefficient (Wildman–Crippen LogP) is 3.41. The lowest BCUT2D eigenvalue weighted by atomic mass is 9.59. The second kappa shape index (κ2) is 4.92. The normalized spacial score (nSPS) is 32.5. The highest BCUT2D eigenvalue weighted by Gasteiger charge is 2.48. The number of nitrogens with zero attached hydrogens (tertiary/aromatic N) is 1. The van der Waals surface area contributed by atoms with Gasteiger partial charge in [0.15, 0.2) is 0 Å². The molecule has 0 N–H and O–H groups in total. The van der Waals surface area contributed by atoms with E-state index >= 15 is 0 Å². The fourth-order valence-electron chi connectivity index (χ4n) is 4.21. The molecule has 2 nitrogen and oxygen atoms in total. The van der Waals surface area contributed by atoms with Crippen LogP contribution < -0.4 is 4.74 Å². The summed E-state index contributed by atoms with van der Waals surface area (Å²) in [5, 5.41) is 0. The summed E-state index contributed by atoms with van der Waals surface area (Å²) < 4.78 is 5.43. The van der Waals surface area contributed by atoms with E-state index in [1.807, 2.05) is 6.08 Å². The van der Waals surface area contributed by atoms with E-state index in [1.54, 1.807) is 7.11 Å². The minimum atomic E-state index is 0.282. The highest BCUT2D eigenvalue weighted by Crippen LogP contribution is 2.49. The quantitative estimate of drug-likeness (QED) is 0.781. The van der Waals surface area contributed by atoms with Crippen molar-refractivity contribution < 1.29 is 4.74 Å². The van der Waals surface area contributed by atoms with Crippen LogP contribution in [0.15, 0.2) is 30.9 Å². The van der Waals surface area contributed by atoms with Crippen molar-refractivity contribution in [3.63, 3.8) is 0 Å². The van der Waals surface area contributed by atoms with E-state index in [-0.39, 0.29) is 5.41 Å². The highest BCUT2D eigenvalue weighted by atomic mass is 16.5. The molecule has 1 aromatic carbocycles. The zero-order valence-corrected chi connectivity index (χ0v) is 12.9. The molecule has 1 aromatic rings. The first-order valence-corrected chi connectivity index (χ1v) is 7.62. The first-order valence-electron chi connectivity index (χ1n) is 7.62. The Morgan fingerprint density at radius 3 is 3.00 bits per heavy atom. The molecule has 1 fully saturated rings. The predicted molar refractivity (Wildman–Crippen MR) is 83.4 cm³/mol. The lowest BCUT2D eigenvalue weighted by Gasteiger charge is -2.54. The number of fused-ring (bicyclic) bond motifs is 4. The number of rotatable bonds is 3. The average molecular weight is 271 g/mol. The van der Waals surface area contributed by atoms with Gasteiger partial charge in [-0.25, -0.2) is 0 Å². The van der Waals surface area contributed by atoms with Crippen molar-refractivity contribution in [2.24, 2.45) is 5.92 Å². The van der Waals surface area contributed by atoms with E-state index < -0.39 is 0 Å². The topological polar surface area (TPSA) is 12.5 Å². The Balaban J connectivity index is 2.04. The number of methoxy groups -OCH3 is 1. The standard InChI is InChI=1S/C18H25NO/c1-5-9-19-10-8-18(3)13(2)17(19)11-14-6-7-15(20-4)12-16(14)18/h5-7,12-13,17H,1,8-11H2,2-4H3. The van der Waals surface area contributed by atoms with Crippen molar-refractivity contribution in [3.8, 4) is 5.75 Å². The molecule has 0 saturated carbocycles. The number of hydrogen-bond donors (Lipinski definition) is 0. The van der Waals surface area contributed by atoms with Crippen molar-refractivity contribution in [2.45, 2.75) is 38.1 Å². The molecule has 1 heterocycles. The molecule has 20 heavy (non-hydrogen) atoms. The van der Waals surface area contributed by atoms with Gasteiger partial charge >= 0.3 is 0 Å². The van der Waals surface area contributed by atoms with Crippen LogP contribution in [0.4, 0.5) is 0 Å². The second-order valence-corrected chi connectivity index (χ2v) is 6.53. The van der Waals surface area contributed by atoms with Gasteiger partial charge in [-0.05, 0) is 54.0 Å². The maximum Gasteiger partial charge on any atom is 0.119 e. The third-order valence-electron chi connectivity index (χ3n) is 5.69. The van der Waals surface area contributed by atoms with Crippen molar-refractivity contribution >= 4 is 0 Å². The molecule has 1 aliphatic carbocycles. The number of hydrogen-bond acceptors (Lipinski definition) is 2. The van der Waals surface area contributed by atoms with Gasteiger partial charge in [0.25, 0.3) is 0 Å². The molecule has 2 bridgehead atoms. The summed E-state index contributed by atoms with van der Waals surface area (Å²) in [5.41, 5.74) is 3.30. The third-order valence-corrected chi connectivity index (χ3v) is 5.69. The average Bonchev–Trinajstić information content (AvgIpc) is 2.46. The first kappa shape index (κ1) is 13.7. The largest absolute Gasteiger partial charge is 0.497 e. The Labute approximate surface area is 122 Å². The lowest BCUT2D eigenvalue weighted by Crippen LogP contribution is -2.57. The Morgan fingerprint density at radius 2 is 2.30 bits per heavy atom. The van der Waals surface area contributed by atoms with Gasteiger partial charge in [0.05, 0.1) is 7.11 Å². The summed E-state index contributed by atoms with van der Waals surface area (Å²) in [6.45, 7) is 11.0. The van der Waals surface area contributed by atoms with Crippen molar-refractivity contribution in [1.29, 1.82) is 0 Å². The minimum Gasteiger partial charge on any atom is -0.497 e. The fourth-order valence-corrected chi connectivity index (χ4v) is 4.21. The maximum atomic E-state index is 5.43. The molecule has 3 unspecified atom stereocenters. The van der Waals surface area contributed by atoms with Crippen LogP contribution in [0.5, 0.6) is 5.75 Å². The number of piperidine rings is 1. The lowest BCUT2D eigenvalue weighted by molar-refractivity contribution is 0.0398. The van der Waals surface area contributed by atoms with Gasteiger partial charge < -0.3 is 4.74 Å². The van der Waals surface area contributed by atoms with E-state index in [1.165, 1.54) is 24.1 Å². The van der Waals surface area contributed by atoms with Crippen molar-refractivity contribution in [1.82, 2.24) is 4.90 Å².